The second-order valence-electron chi connectivity index (χ2n) is 7.42. The molecule has 0 aromatic heterocycles. The SMILES string of the molecule is O=C(CCC(=O)N1CCN(CC2CC2)c2ccccc21)N1CCOCC1. The maximum absolute atomic E-state index is 12.8. The lowest BCUT2D eigenvalue weighted by atomic mass is 10.1. The number of benzene rings is 1. The predicted molar refractivity (Wildman–Crippen MR) is 100 cm³/mol. The summed E-state index contributed by atoms with van der Waals surface area (Å²) in [5, 5.41) is 0. The molecule has 6 nitrogen and oxygen atoms in total. The summed E-state index contributed by atoms with van der Waals surface area (Å²) < 4.78 is 5.28. The van der Waals surface area contributed by atoms with Crippen LogP contribution in [-0.4, -0.2) is 62.7 Å². The van der Waals surface area contributed by atoms with E-state index >= 15 is 0 Å². The molecule has 4 rings (SSSR count). The third-order valence-corrected chi connectivity index (χ3v) is 5.50. The van der Waals surface area contributed by atoms with Crippen molar-refractivity contribution in [2.75, 3.05) is 55.7 Å². The third kappa shape index (κ3) is 3.85. The number of ether oxygens (including phenoxy) is 1. The molecule has 1 saturated heterocycles. The second kappa shape index (κ2) is 7.66. The minimum atomic E-state index is 0.0464. The van der Waals surface area contributed by atoms with Gasteiger partial charge in [-0.05, 0) is 30.9 Å². The van der Waals surface area contributed by atoms with Crippen molar-refractivity contribution in [1.82, 2.24) is 4.90 Å². The number of rotatable bonds is 5. The Morgan fingerprint density at radius 2 is 1.62 bits per heavy atom. The molecule has 0 atom stereocenters. The van der Waals surface area contributed by atoms with Gasteiger partial charge in [0.15, 0.2) is 0 Å². The van der Waals surface area contributed by atoms with Gasteiger partial charge in [-0.15, -0.1) is 0 Å². The monoisotopic (exact) mass is 357 g/mol. The summed E-state index contributed by atoms with van der Waals surface area (Å²) in [6.45, 7) is 5.12. The number of fused-ring (bicyclic) bond motifs is 1. The molecule has 140 valence electrons. The van der Waals surface area contributed by atoms with Crippen molar-refractivity contribution in [3.05, 3.63) is 24.3 Å². The zero-order valence-corrected chi connectivity index (χ0v) is 15.2. The first-order valence-corrected chi connectivity index (χ1v) is 9.72. The molecule has 2 amide bonds. The van der Waals surface area contributed by atoms with E-state index in [0.29, 0.717) is 32.8 Å². The van der Waals surface area contributed by atoms with E-state index in [2.05, 4.69) is 11.0 Å². The van der Waals surface area contributed by atoms with Crippen LogP contribution < -0.4 is 9.80 Å². The van der Waals surface area contributed by atoms with Gasteiger partial charge in [-0.25, -0.2) is 0 Å². The Morgan fingerprint density at radius 3 is 2.35 bits per heavy atom. The van der Waals surface area contributed by atoms with Crippen LogP contribution in [0.3, 0.4) is 0 Å². The normalized spacial score (nSPS) is 20.1. The molecular formula is C20H27N3O3. The van der Waals surface area contributed by atoms with Gasteiger partial charge < -0.3 is 19.4 Å². The predicted octanol–water partition coefficient (Wildman–Crippen LogP) is 1.89. The topological polar surface area (TPSA) is 53.1 Å². The van der Waals surface area contributed by atoms with Gasteiger partial charge in [-0.2, -0.15) is 0 Å². The van der Waals surface area contributed by atoms with Gasteiger partial charge >= 0.3 is 0 Å². The van der Waals surface area contributed by atoms with E-state index in [1.165, 1.54) is 12.8 Å². The summed E-state index contributed by atoms with van der Waals surface area (Å²) in [6.07, 6.45) is 3.20. The largest absolute Gasteiger partial charge is 0.378 e. The smallest absolute Gasteiger partial charge is 0.227 e. The molecule has 2 heterocycles. The summed E-state index contributed by atoms with van der Waals surface area (Å²) in [5.74, 6) is 0.920. The lowest BCUT2D eigenvalue weighted by molar-refractivity contribution is -0.136. The Hall–Kier alpha value is -2.08. The fourth-order valence-corrected chi connectivity index (χ4v) is 3.80. The first-order chi connectivity index (χ1) is 12.7. The highest BCUT2D eigenvalue weighted by Gasteiger charge is 2.31. The number of para-hydroxylation sites is 2. The number of carbonyl (C=O) groups is 2. The van der Waals surface area contributed by atoms with Crippen molar-refractivity contribution in [2.24, 2.45) is 5.92 Å². The van der Waals surface area contributed by atoms with E-state index in [1.807, 2.05) is 23.1 Å². The molecule has 2 fully saturated rings. The van der Waals surface area contributed by atoms with E-state index in [9.17, 15) is 9.59 Å². The van der Waals surface area contributed by atoms with Gasteiger partial charge in [0.2, 0.25) is 11.8 Å². The van der Waals surface area contributed by atoms with Crippen molar-refractivity contribution in [1.29, 1.82) is 0 Å². The van der Waals surface area contributed by atoms with Crippen LogP contribution in [0.2, 0.25) is 0 Å². The average molecular weight is 357 g/mol. The molecule has 1 saturated carbocycles. The molecule has 2 aliphatic heterocycles. The Labute approximate surface area is 154 Å². The summed E-state index contributed by atoms with van der Waals surface area (Å²) in [7, 11) is 0. The van der Waals surface area contributed by atoms with Crippen LogP contribution >= 0.6 is 0 Å². The van der Waals surface area contributed by atoms with Gasteiger partial charge in [0, 0.05) is 45.6 Å². The first kappa shape index (κ1) is 17.3. The maximum atomic E-state index is 12.8. The van der Waals surface area contributed by atoms with Gasteiger partial charge in [0.25, 0.3) is 0 Å². The van der Waals surface area contributed by atoms with Gasteiger partial charge in [-0.1, -0.05) is 12.1 Å². The first-order valence-electron chi connectivity index (χ1n) is 9.72. The summed E-state index contributed by atoms with van der Waals surface area (Å²) >= 11 is 0. The molecule has 0 spiro atoms. The summed E-state index contributed by atoms with van der Waals surface area (Å²) in [6, 6.07) is 8.15. The standard InChI is InChI=1S/C20H27N3O3/c24-19(21-11-13-26-14-12-21)7-8-20(25)23-10-9-22(15-16-5-6-16)17-3-1-2-4-18(17)23/h1-4,16H,5-15H2. The van der Waals surface area contributed by atoms with E-state index in [0.717, 1.165) is 30.4 Å². The average Bonchev–Trinajstić information content (AvgIpc) is 3.51. The van der Waals surface area contributed by atoms with Crippen LogP contribution in [-0.2, 0) is 14.3 Å². The molecule has 1 aromatic carbocycles. The van der Waals surface area contributed by atoms with E-state index in [-0.39, 0.29) is 24.7 Å². The van der Waals surface area contributed by atoms with Crippen LogP contribution in [0.5, 0.6) is 0 Å². The lowest BCUT2D eigenvalue weighted by Gasteiger charge is -2.38. The maximum Gasteiger partial charge on any atom is 0.227 e. The molecule has 0 bridgehead atoms. The van der Waals surface area contributed by atoms with Crippen LogP contribution in [0.1, 0.15) is 25.7 Å². The highest BCUT2D eigenvalue weighted by molar-refractivity contribution is 5.99. The Balaban J connectivity index is 1.38. The van der Waals surface area contributed by atoms with Crippen molar-refractivity contribution in [3.8, 4) is 0 Å². The molecule has 26 heavy (non-hydrogen) atoms. The van der Waals surface area contributed by atoms with E-state index in [1.54, 1.807) is 4.90 Å². The molecular weight excluding hydrogens is 330 g/mol. The number of hydrogen-bond donors (Lipinski definition) is 0. The number of hydrogen-bond acceptors (Lipinski definition) is 4. The zero-order chi connectivity index (χ0) is 17.9. The van der Waals surface area contributed by atoms with Crippen molar-refractivity contribution in [2.45, 2.75) is 25.7 Å². The number of amides is 2. The Bertz CT molecular complexity index is 668. The molecule has 0 N–H and O–H groups in total. The minimum absolute atomic E-state index is 0.0464. The van der Waals surface area contributed by atoms with Crippen LogP contribution in [0.25, 0.3) is 0 Å². The van der Waals surface area contributed by atoms with Crippen molar-refractivity contribution < 1.29 is 14.3 Å². The highest BCUT2D eigenvalue weighted by Crippen LogP contribution is 2.37. The lowest BCUT2D eigenvalue weighted by Crippen LogP contribution is -2.45. The molecule has 0 unspecified atom stereocenters. The number of morpholine rings is 1. The molecule has 0 radical (unpaired) electrons. The van der Waals surface area contributed by atoms with Gasteiger partial charge in [0.1, 0.15) is 0 Å². The fourth-order valence-electron chi connectivity index (χ4n) is 3.80. The minimum Gasteiger partial charge on any atom is -0.378 e. The Morgan fingerprint density at radius 1 is 0.923 bits per heavy atom. The van der Waals surface area contributed by atoms with E-state index in [4.69, 9.17) is 4.74 Å². The molecule has 6 heteroatoms. The summed E-state index contributed by atoms with van der Waals surface area (Å²) in [5.41, 5.74) is 2.14. The third-order valence-electron chi connectivity index (χ3n) is 5.50. The summed E-state index contributed by atoms with van der Waals surface area (Å²) in [4.78, 5) is 31.2. The highest BCUT2D eigenvalue weighted by atomic mass is 16.5. The van der Waals surface area contributed by atoms with Gasteiger partial charge in [0.05, 0.1) is 24.6 Å². The van der Waals surface area contributed by atoms with Crippen LogP contribution in [0.15, 0.2) is 24.3 Å². The molecule has 1 aromatic rings. The molecule has 3 aliphatic rings. The van der Waals surface area contributed by atoms with Crippen molar-refractivity contribution in [3.63, 3.8) is 0 Å². The van der Waals surface area contributed by atoms with Crippen LogP contribution in [0.4, 0.5) is 11.4 Å². The quantitative estimate of drug-likeness (QED) is 0.808. The van der Waals surface area contributed by atoms with E-state index < -0.39 is 0 Å². The number of nitrogens with zero attached hydrogens (tertiary/aromatic N) is 3. The van der Waals surface area contributed by atoms with Crippen LogP contribution in [0, 0.1) is 5.92 Å². The zero-order valence-electron chi connectivity index (χ0n) is 15.2. The van der Waals surface area contributed by atoms with Crippen molar-refractivity contribution >= 4 is 23.2 Å². The molecule has 1 aliphatic carbocycles. The Kier molecular flexibility index (Phi) is 5.11. The second-order valence-corrected chi connectivity index (χ2v) is 7.42. The fraction of sp³-hybridized carbons (Fsp3) is 0.600. The number of carbonyl (C=O) groups excluding carboxylic acids is 2. The number of anilines is 2. The van der Waals surface area contributed by atoms with Gasteiger partial charge in [-0.3, -0.25) is 9.59 Å².